The number of rotatable bonds is 5. The van der Waals surface area contributed by atoms with Crippen molar-refractivity contribution < 1.29 is 14.7 Å². The molecule has 2 aromatic rings. The number of fused-ring (bicyclic) bond motifs is 2. The predicted molar refractivity (Wildman–Crippen MR) is 117 cm³/mol. The van der Waals surface area contributed by atoms with E-state index in [0.29, 0.717) is 22.9 Å². The van der Waals surface area contributed by atoms with Crippen LogP contribution in [0.25, 0.3) is 11.1 Å². The van der Waals surface area contributed by atoms with Crippen molar-refractivity contribution in [3.63, 3.8) is 0 Å². The number of aryl methyl sites for hydroxylation is 1. The van der Waals surface area contributed by atoms with Crippen LogP contribution in [-0.2, 0) is 9.59 Å². The fourth-order valence-electron chi connectivity index (χ4n) is 4.83. The number of anilines is 1. The van der Waals surface area contributed by atoms with Gasteiger partial charge in [0.05, 0.1) is 17.4 Å². The average Bonchev–Trinajstić information content (AvgIpc) is 3.40. The highest BCUT2D eigenvalue weighted by molar-refractivity contribution is 7.17. The Labute approximate surface area is 180 Å². The van der Waals surface area contributed by atoms with Gasteiger partial charge in [0.2, 0.25) is 5.91 Å². The molecule has 2 N–H and O–H groups in total. The molecule has 1 amide bonds. The van der Waals surface area contributed by atoms with E-state index >= 15 is 0 Å². The fourth-order valence-corrected chi connectivity index (χ4v) is 5.86. The molecule has 30 heavy (non-hydrogen) atoms. The topological polar surface area (TPSA) is 90.2 Å². The van der Waals surface area contributed by atoms with Crippen LogP contribution in [0.3, 0.4) is 0 Å². The molecule has 1 aromatic heterocycles. The summed E-state index contributed by atoms with van der Waals surface area (Å²) in [4.78, 5) is 25.7. The predicted octanol–water partition coefficient (Wildman–Crippen LogP) is 5.18. The van der Waals surface area contributed by atoms with Gasteiger partial charge in [0.15, 0.2) is 0 Å². The number of carbonyl (C=O) groups excluding carboxylic acids is 1. The van der Waals surface area contributed by atoms with E-state index in [4.69, 9.17) is 0 Å². The van der Waals surface area contributed by atoms with Crippen LogP contribution >= 0.6 is 11.3 Å². The van der Waals surface area contributed by atoms with E-state index in [0.717, 1.165) is 16.0 Å². The van der Waals surface area contributed by atoms with Crippen LogP contribution in [-0.4, -0.2) is 17.0 Å². The van der Waals surface area contributed by atoms with Gasteiger partial charge in [-0.3, -0.25) is 9.59 Å². The number of nitrogens with one attached hydrogen (secondary N) is 1. The van der Waals surface area contributed by atoms with Gasteiger partial charge in [0.1, 0.15) is 11.1 Å². The lowest BCUT2D eigenvalue weighted by Crippen LogP contribution is -2.36. The van der Waals surface area contributed by atoms with E-state index in [1.165, 1.54) is 16.9 Å². The Morgan fingerprint density at radius 3 is 2.37 bits per heavy atom. The van der Waals surface area contributed by atoms with Gasteiger partial charge in [-0.05, 0) is 42.2 Å². The first-order chi connectivity index (χ1) is 14.3. The molecule has 1 fully saturated rings. The van der Waals surface area contributed by atoms with Crippen molar-refractivity contribution in [3.8, 4) is 17.2 Å². The lowest BCUT2D eigenvalue weighted by molar-refractivity contribution is -0.146. The van der Waals surface area contributed by atoms with Crippen LogP contribution in [0.2, 0.25) is 0 Å². The molecule has 4 rings (SSSR count). The van der Waals surface area contributed by atoms with Gasteiger partial charge in [-0.2, -0.15) is 5.26 Å². The van der Waals surface area contributed by atoms with Gasteiger partial charge in [0.25, 0.3) is 0 Å². The summed E-state index contributed by atoms with van der Waals surface area (Å²) in [7, 11) is 0. The number of hydrogen-bond acceptors (Lipinski definition) is 4. The zero-order valence-electron chi connectivity index (χ0n) is 17.2. The van der Waals surface area contributed by atoms with E-state index in [1.54, 1.807) is 0 Å². The molecule has 0 radical (unpaired) electrons. The van der Waals surface area contributed by atoms with Crippen LogP contribution in [0.1, 0.15) is 42.2 Å². The van der Waals surface area contributed by atoms with Gasteiger partial charge in [-0.25, -0.2) is 0 Å². The first-order valence-electron chi connectivity index (χ1n) is 10.2. The highest BCUT2D eigenvalue weighted by atomic mass is 32.1. The molecule has 4 atom stereocenters. The zero-order valence-corrected chi connectivity index (χ0v) is 18.0. The molecule has 0 aliphatic heterocycles. The minimum absolute atomic E-state index is 0.0502. The summed E-state index contributed by atoms with van der Waals surface area (Å²) in [6.45, 7) is 6.20. The number of carboxylic acids is 1. The van der Waals surface area contributed by atoms with Crippen LogP contribution in [0.5, 0.6) is 0 Å². The van der Waals surface area contributed by atoms with E-state index in [1.807, 2.05) is 31.2 Å². The van der Waals surface area contributed by atoms with Gasteiger partial charge in [-0.15, -0.1) is 11.3 Å². The summed E-state index contributed by atoms with van der Waals surface area (Å²) in [6.07, 6.45) is 4.58. The second-order valence-electron chi connectivity index (χ2n) is 8.45. The van der Waals surface area contributed by atoms with Gasteiger partial charge >= 0.3 is 5.97 Å². The van der Waals surface area contributed by atoms with Gasteiger partial charge in [0, 0.05) is 10.4 Å². The third-order valence-electron chi connectivity index (χ3n) is 6.35. The van der Waals surface area contributed by atoms with Crippen LogP contribution in [0.15, 0.2) is 36.4 Å². The van der Waals surface area contributed by atoms with Crippen molar-refractivity contribution in [2.45, 2.75) is 33.1 Å². The number of amides is 1. The van der Waals surface area contributed by atoms with Gasteiger partial charge < -0.3 is 10.4 Å². The fraction of sp³-hybridized carbons (Fsp3) is 0.375. The van der Waals surface area contributed by atoms with Crippen molar-refractivity contribution in [1.29, 1.82) is 5.26 Å². The summed E-state index contributed by atoms with van der Waals surface area (Å²) >= 11 is 1.37. The molecular weight excluding hydrogens is 396 g/mol. The second-order valence-corrected chi connectivity index (χ2v) is 9.68. The molecule has 5 nitrogen and oxygen atoms in total. The first-order valence-corrected chi connectivity index (χ1v) is 11.0. The molecule has 1 aromatic carbocycles. The number of aliphatic carboxylic acids is 1. The maximum Gasteiger partial charge on any atom is 0.307 e. The summed E-state index contributed by atoms with van der Waals surface area (Å²) < 4.78 is 0. The first kappa shape index (κ1) is 20.4. The Bertz CT molecular complexity index is 1080. The maximum atomic E-state index is 13.1. The quantitative estimate of drug-likeness (QED) is 0.652. The largest absolute Gasteiger partial charge is 0.481 e. The lowest BCUT2D eigenvalue weighted by Gasteiger charge is -2.23. The number of carbonyl (C=O) groups is 2. The monoisotopic (exact) mass is 420 g/mol. The molecule has 0 saturated heterocycles. The number of nitrogens with zero attached hydrogens (tertiary/aromatic N) is 1. The Hall–Kier alpha value is -2.91. The highest BCUT2D eigenvalue weighted by Crippen LogP contribution is 2.49. The minimum atomic E-state index is -0.930. The average molecular weight is 421 g/mol. The van der Waals surface area contributed by atoms with E-state index in [9.17, 15) is 20.0 Å². The molecule has 2 aliphatic rings. The number of carboxylic acid groups (broad SMARTS) is 1. The van der Waals surface area contributed by atoms with E-state index in [-0.39, 0.29) is 17.7 Å². The highest BCUT2D eigenvalue weighted by Gasteiger charge is 2.51. The zero-order chi connectivity index (χ0) is 21.6. The minimum Gasteiger partial charge on any atom is -0.481 e. The van der Waals surface area contributed by atoms with Gasteiger partial charge in [-0.1, -0.05) is 50.3 Å². The van der Waals surface area contributed by atoms with Crippen LogP contribution in [0.4, 0.5) is 5.00 Å². The molecule has 0 unspecified atom stereocenters. The third-order valence-corrected chi connectivity index (χ3v) is 7.37. The summed E-state index contributed by atoms with van der Waals surface area (Å²) in [5.74, 6) is -2.25. The van der Waals surface area contributed by atoms with Crippen molar-refractivity contribution in [2.24, 2.45) is 23.7 Å². The number of allylic oxidation sites excluding steroid dienone is 2. The Balaban J connectivity index is 1.64. The normalized spacial score (nSPS) is 24.2. The molecule has 1 heterocycles. The molecule has 0 spiro atoms. The molecule has 2 aliphatic carbocycles. The summed E-state index contributed by atoms with van der Waals surface area (Å²) in [5.41, 5.74) is 3.43. The van der Waals surface area contributed by atoms with Crippen molar-refractivity contribution in [1.82, 2.24) is 0 Å². The molecule has 1 saturated carbocycles. The van der Waals surface area contributed by atoms with E-state index < -0.39 is 17.8 Å². The number of thiophene rings is 1. The van der Waals surface area contributed by atoms with Crippen LogP contribution < -0.4 is 5.32 Å². The summed E-state index contributed by atoms with van der Waals surface area (Å²) in [5, 5.41) is 22.8. The molecule has 6 heteroatoms. The number of nitriles is 1. The maximum absolute atomic E-state index is 13.1. The molecule has 154 valence electrons. The Morgan fingerprint density at radius 2 is 1.80 bits per heavy atom. The van der Waals surface area contributed by atoms with E-state index in [2.05, 4.69) is 37.4 Å². The summed E-state index contributed by atoms with van der Waals surface area (Å²) in [6, 6.07) is 10.4. The van der Waals surface area contributed by atoms with Crippen molar-refractivity contribution >= 4 is 28.2 Å². The van der Waals surface area contributed by atoms with Crippen molar-refractivity contribution in [2.75, 3.05) is 5.32 Å². The lowest BCUT2D eigenvalue weighted by atomic mass is 9.82. The smallest absolute Gasteiger partial charge is 0.307 e. The standard InChI is InChI=1S/C24H24N2O3S/c1-12(2)14-4-6-15(7-5-14)19-13(3)30-23(18(19)11-25)26-22(27)20-16-8-9-17(10-16)21(20)24(28)29/h4-9,12,16-17,20-21H,10H2,1-3H3,(H,26,27)(H,28,29)/t16-,17-,20-,21-/m0/s1. The Kier molecular flexibility index (Phi) is 5.25. The third kappa shape index (κ3) is 3.33. The second kappa shape index (κ2) is 7.73. The Morgan fingerprint density at radius 1 is 1.17 bits per heavy atom. The molecule has 2 bridgehead atoms. The SMILES string of the molecule is Cc1sc(NC(=O)[C@@H]2[C@@H](C(=O)O)[C@H]3C=C[C@H]2C3)c(C#N)c1-c1ccc(C(C)C)cc1. The number of hydrogen-bond donors (Lipinski definition) is 2. The molecular formula is C24H24N2O3S. The van der Waals surface area contributed by atoms with Crippen molar-refractivity contribution in [3.05, 3.63) is 52.4 Å². The van der Waals surface area contributed by atoms with Crippen LogP contribution in [0, 0.1) is 41.9 Å². The number of benzene rings is 1.